The zero-order chi connectivity index (χ0) is 18.1. The van der Waals surface area contributed by atoms with Crippen LogP contribution >= 0.6 is 0 Å². The molecule has 0 aliphatic carbocycles. The number of aryl methyl sites for hydroxylation is 1. The van der Waals surface area contributed by atoms with Gasteiger partial charge in [-0.3, -0.25) is 4.79 Å². The summed E-state index contributed by atoms with van der Waals surface area (Å²) in [6.07, 6.45) is 0. The standard InChI is InChI=1S/C20H25NO4/c1-16-9-10-18(19(13-16)24-3)25-15-20(22)21(11-12-23-2)14-17-7-5-4-6-8-17/h4-10,13H,11-12,14-15H2,1-3H3. The summed E-state index contributed by atoms with van der Waals surface area (Å²) < 4.78 is 16.1. The Balaban J connectivity index is 2.01. The topological polar surface area (TPSA) is 48.0 Å². The third kappa shape index (κ3) is 5.80. The van der Waals surface area contributed by atoms with Crippen molar-refractivity contribution in [3.63, 3.8) is 0 Å². The van der Waals surface area contributed by atoms with E-state index in [1.165, 1.54) is 0 Å². The number of carbonyl (C=O) groups excluding carboxylic acids is 1. The second-order valence-electron chi connectivity index (χ2n) is 5.74. The van der Waals surface area contributed by atoms with Gasteiger partial charge in [0.1, 0.15) is 0 Å². The monoisotopic (exact) mass is 343 g/mol. The highest BCUT2D eigenvalue weighted by molar-refractivity contribution is 5.77. The number of rotatable bonds is 9. The number of methoxy groups -OCH3 is 2. The molecule has 0 N–H and O–H groups in total. The summed E-state index contributed by atoms with van der Waals surface area (Å²) in [5, 5.41) is 0. The number of carbonyl (C=O) groups is 1. The second kappa shape index (κ2) is 9.69. The van der Waals surface area contributed by atoms with Crippen molar-refractivity contribution in [2.75, 3.05) is 34.0 Å². The summed E-state index contributed by atoms with van der Waals surface area (Å²) in [7, 11) is 3.21. The third-order valence-electron chi connectivity index (χ3n) is 3.80. The van der Waals surface area contributed by atoms with Crippen LogP contribution in [0.2, 0.25) is 0 Å². The molecule has 0 radical (unpaired) electrons. The fourth-order valence-corrected chi connectivity index (χ4v) is 2.42. The zero-order valence-corrected chi connectivity index (χ0v) is 15.0. The van der Waals surface area contributed by atoms with Crippen LogP contribution in [-0.2, 0) is 16.1 Å². The van der Waals surface area contributed by atoms with E-state index in [1.54, 1.807) is 19.1 Å². The van der Waals surface area contributed by atoms with E-state index in [-0.39, 0.29) is 12.5 Å². The molecule has 25 heavy (non-hydrogen) atoms. The summed E-state index contributed by atoms with van der Waals surface area (Å²) in [4.78, 5) is 14.3. The number of nitrogens with zero attached hydrogens (tertiary/aromatic N) is 1. The fraction of sp³-hybridized carbons (Fsp3) is 0.350. The van der Waals surface area contributed by atoms with Gasteiger partial charge in [0.25, 0.3) is 5.91 Å². The molecule has 0 unspecified atom stereocenters. The van der Waals surface area contributed by atoms with Crippen LogP contribution in [0.1, 0.15) is 11.1 Å². The first-order valence-electron chi connectivity index (χ1n) is 8.22. The van der Waals surface area contributed by atoms with Crippen molar-refractivity contribution in [3.05, 3.63) is 59.7 Å². The van der Waals surface area contributed by atoms with E-state index in [0.717, 1.165) is 11.1 Å². The SMILES string of the molecule is COCCN(Cc1ccccc1)C(=O)COc1ccc(C)cc1OC. The highest BCUT2D eigenvalue weighted by Crippen LogP contribution is 2.27. The number of benzene rings is 2. The second-order valence-corrected chi connectivity index (χ2v) is 5.74. The molecular formula is C20H25NO4. The maximum atomic E-state index is 12.6. The van der Waals surface area contributed by atoms with E-state index >= 15 is 0 Å². The molecule has 0 saturated carbocycles. The van der Waals surface area contributed by atoms with Gasteiger partial charge in [-0.15, -0.1) is 0 Å². The molecule has 0 saturated heterocycles. The van der Waals surface area contributed by atoms with Gasteiger partial charge in [0.2, 0.25) is 0 Å². The first-order valence-corrected chi connectivity index (χ1v) is 8.22. The van der Waals surface area contributed by atoms with Crippen molar-refractivity contribution >= 4 is 5.91 Å². The van der Waals surface area contributed by atoms with Gasteiger partial charge in [0.15, 0.2) is 18.1 Å². The summed E-state index contributed by atoms with van der Waals surface area (Å²) >= 11 is 0. The van der Waals surface area contributed by atoms with E-state index < -0.39 is 0 Å². The molecule has 0 spiro atoms. The van der Waals surface area contributed by atoms with Crippen LogP contribution < -0.4 is 9.47 Å². The van der Waals surface area contributed by atoms with Gasteiger partial charge in [-0.05, 0) is 30.2 Å². The largest absolute Gasteiger partial charge is 0.493 e. The highest BCUT2D eigenvalue weighted by atomic mass is 16.5. The molecule has 2 rings (SSSR count). The van der Waals surface area contributed by atoms with Gasteiger partial charge < -0.3 is 19.1 Å². The first-order chi connectivity index (χ1) is 12.1. The lowest BCUT2D eigenvalue weighted by atomic mass is 10.2. The smallest absolute Gasteiger partial charge is 0.260 e. The summed E-state index contributed by atoms with van der Waals surface area (Å²) in [5.41, 5.74) is 2.14. The molecule has 2 aromatic rings. The molecular weight excluding hydrogens is 318 g/mol. The summed E-state index contributed by atoms with van der Waals surface area (Å²) in [5.74, 6) is 1.09. The highest BCUT2D eigenvalue weighted by Gasteiger charge is 2.16. The van der Waals surface area contributed by atoms with E-state index in [9.17, 15) is 4.79 Å². The molecule has 5 heteroatoms. The van der Waals surface area contributed by atoms with Crippen LogP contribution in [0.3, 0.4) is 0 Å². The maximum absolute atomic E-state index is 12.6. The molecule has 134 valence electrons. The number of hydrogen-bond donors (Lipinski definition) is 0. The molecule has 0 bridgehead atoms. The van der Waals surface area contributed by atoms with Crippen molar-refractivity contribution in [1.29, 1.82) is 0 Å². The average Bonchev–Trinajstić information content (AvgIpc) is 2.64. The Morgan fingerprint density at radius 3 is 2.48 bits per heavy atom. The van der Waals surface area contributed by atoms with E-state index in [1.807, 2.05) is 55.5 Å². The molecule has 2 aromatic carbocycles. The van der Waals surface area contributed by atoms with E-state index in [0.29, 0.717) is 31.2 Å². The Bertz CT molecular complexity index is 673. The Labute approximate surface area is 149 Å². The molecule has 0 heterocycles. The molecule has 1 amide bonds. The van der Waals surface area contributed by atoms with Gasteiger partial charge in [-0.2, -0.15) is 0 Å². The minimum atomic E-state index is -0.0940. The number of hydrogen-bond acceptors (Lipinski definition) is 4. The molecule has 0 atom stereocenters. The molecule has 0 fully saturated rings. The molecule has 0 aliphatic rings. The third-order valence-corrected chi connectivity index (χ3v) is 3.80. The van der Waals surface area contributed by atoms with Gasteiger partial charge in [-0.25, -0.2) is 0 Å². The molecule has 0 aliphatic heterocycles. The van der Waals surface area contributed by atoms with E-state index in [2.05, 4.69) is 0 Å². The Hall–Kier alpha value is -2.53. The number of ether oxygens (including phenoxy) is 3. The first kappa shape index (κ1) is 18.8. The normalized spacial score (nSPS) is 10.4. The van der Waals surface area contributed by atoms with Crippen LogP contribution in [0.5, 0.6) is 11.5 Å². The number of amides is 1. The minimum Gasteiger partial charge on any atom is -0.493 e. The minimum absolute atomic E-state index is 0.0457. The quantitative estimate of drug-likeness (QED) is 0.702. The Morgan fingerprint density at radius 1 is 1.04 bits per heavy atom. The van der Waals surface area contributed by atoms with Crippen molar-refractivity contribution < 1.29 is 19.0 Å². The lowest BCUT2D eigenvalue weighted by Crippen LogP contribution is -2.36. The van der Waals surface area contributed by atoms with Crippen LogP contribution in [0, 0.1) is 6.92 Å². The summed E-state index contributed by atoms with van der Waals surface area (Å²) in [6.45, 7) is 3.45. The van der Waals surface area contributed by atoms with Gasteiger partial charge in [0, 0.05) is 20.2 Å². The van der Waals surface area contributed by atoms with Crippen LogP contribution in [0.15, 0.2) is 48.5 Å². The fourth-order valence-electron chi connectivity index (χ4n) is 2.42. The van der Waals surface area contributed by atoms with E-state index in [4.69, 9.17) is 14.2 Å². The Morgan fingerprint density at radius 2 is 1.80 bits per heavy atom. The van der Waals surface area contributed by atoms with Gasteiger partial charge in [0.05, 0.1) is 13.7 Å². The van der Waals surface area contributed by atoms with Crippen LogP contribution in [0.4, 0.5) is 0 Å². The van der Waals surface area contributed by atoms with Crippen LogP contribution in [-0.4, -0.2) is 44.8 Å². The van der Waals surface area contributed by atoms with Crippen molar-refractivity contribution in [1.82, 2.24) is 4.90 Å². The molecule has 0 aromatic heterocycles. The van der Waals surface area contributed by atoms with Crippen molar-refractivity contribution in [2.45, 2.75) is 13.5 Å². The van der Waals surface area contributed by atoms with Crippen molar-refractivity contribution in [3.8, 4) is 11.5 Å². The predicted molar refractivity (Wildman–Crippen MR) is 97.0 cm³/mol. The molecule has 5 nitrogen and oxygen atoms in total. The Kier molecular flexibility index (Phi) is 7.29. The maximum Gasteiger partial charge on any atom is 0.260 e. The van der Waals surface area contributed by atoms with Crippen LogP contribution in [0.25, 0.3) is 0 Å². The summed E-state index contributed by atoms with van der Waals surface area (Å²) in [6, 6.07) is 15.5. The lowest BCUT2D eigenvalue weighted by molar-refractivity contribution is -0.134. The predicted octanol–water partition coefficient (Wildman–Crippen LogP) is 3.06. The lowest BCUT2D eigenvalue weighted by Gasteiger charge is -2.23. The average molecular weight is 343 g/mol. The van der Waals surface area contributed by atoms with Gasteiger partial charge in [-0.1, -0.05) is 36.4 Å². The van der Waals surface area contributed by atoms with Gasteiger partial charge >= 0.3 is 0 Å². The van der Waals surface area contributed by atoms with Crippen molar-refractivity contribution in [2.24, 2.45) is 0 Å². The zero-order valence-electron chi connectivity index (χ0n) is 15.0.